The zero-order valence-electron chi connectivity index (χ0n) is 76.5. The molecule has 0 spiro atoms. The number of rotatable bonds is 17. The maximum Gasteiger partial charge on any atom is 0 e. The van der Waals surface area contributed by atoms with Gasteiger partial charge >= 0.3 is 124 Å². The third-order valence-corrected chi connectivity index (χ3v) is 28.5. The SMILES string of the molecule is C.CC(=O)C1CC=C(c2ccc3c(nnn3CC3CC3)c2C(F)(F)F)CC1.CC1CC=C(B2OC(C)(C)C(C)(C)O2)CC1.COC(=O)C(F)(F)S(=O)(=O)F.Cc1ccc2c(nnn2CC2CC2)c1C(F)(F)F.Cc1ccc2c(nnn2CC2CC2)c1C(F)(F)F.Cc1ccc2c(nnn2CC2CC2)c1I.O=C=O.O=S(=O)(OS(=O)(=O)C(F)(F)F)C(F)(F)F.Oc1ccc2c(nnn2CC2CC2)c1C(F)(F)F.[Cu][I].[HH]. The number of halogens is 23. The summed E-state index contributed by atoms with van der Waals surface area (Å²) in [5.41, 5.74) is -8.78. The van der Waals surface area contributed by atoms with Crippen molar-refractivity contribution in [3.8, 4) is 5.75 Å². The van der Waals surface area contributed by atoms with Crippen LogP contribution in [-0.2, 0) is 138 Å². The molecule has 1 saturated heterocycles. The quantitative estimate of drug-likeness (QED) is 0.0221. The minimum Gasteiger partial charge on any atom is 0 e. The second kappa shape index (κ2) is 47.2. The zero-order valence-corrected chi connectivity index (χ0v) is 84.2. The molecule has 10 aromatic rings. The predicted octanol–water partition coefficient (Wildman–Crippen LogP) is 21.6. The van der Waals surface area contributed by atoms with E-state index in [2.05, 4.69) is 156 Å². The molecule has 2 atom stereocenters. The first kappa shape index (κ1) is 119. The summed E-state index contributed by atoms with van der Waals surface area (Å²) < 4.78 is 347. The molecule has 30 nitrogen and oxygen atoms in total. The first-order chi connectivity index (χ1) is 65.7. The maximum atomic E-state index is 13.9. The van der Waals surface area contributed by atoms with Crippen molar-refractivity contribution >= 4 is 159 Å². The number of hydrogen-bond acceptors (Lipinski definition) is 25. The number of fused-ring (bicyclic) bond motifs is 5. The number of phenols is 1. The van der Waals surface area contributed by atoms with Crippen LogP contribution < -0.4 is 0 Å². The molecule has 8 aliphatic rings. The number of Topliss-reactive ketones (excluding diaryl/α,β-unsaturated/α-hetero) is 1. The van der Waals surface area contributed by atoms with Crippen LogP contribution in [0.25, 0.3) is 60.7 Å². The van der Waals surface area contributed by atoms with E-state index in [1.54, 1.807) is 58.7 Å². The van der Waals surface area contributed by atoms with Crippen LogP contribution in [0.4, 0.5) is 91.7 Å². The van der Waals surface area contributed by atoms with E-state index in [0.717, 1.165) is 87.8 Å². The molecule has 5 saturated carbocycles. The molecule has 0 bridgehead atoms. The number of allylic oxidation sites excluding steroid dienone is 4. The number of ether oxygens (including phenoxy) is 1. The third-order valence-electron chi connectivity index (χ3n) is 23.8. The first-order valence-corrected chi connectivity index (χ1v) is 51.4. The van der Waals surface area contributed by atoms with E-state index >= 15 is 0 Å². The monoisotopic (exact) mass is 2390 g/mol. The number of alkyl halides is 20. The second-order valence-electron chi connectivity index (χ2n) is 35.5. The number of benzene rings is 5. The number of phenolic OH excluding ortho intramolecular Hbond substituents is 1. The summed E-state index contributed by atoms with van der Waals surface area (Å²) in [7, 11) is -19.5. The largest absolute Gasteiger partial charge is 0 e. The molecule has 58 heteroatoms. The van der Waals surface area contributed by atoms with Crippen molar-refractivity contribution in [2.24, 2.45) is 41.4 Å². The van der Waals surface area contributed by atoms with Gasteiger partial charge in [-0.3, -0.25) is 4.79 Å². The van der Waals surface area contributed by atoms with E-state index < -0.39 is 105 Å². The van der Waals surface area contributed by atoms with E-state index in [4.69, 9.17) is 18.9 Å². The Morgan fingerprint density at radius 3 is 1.09 bits per heavy atom. The van der Waals surface area contributed by atoms with Gasteiger partial charge in [0.15, 0.2) is 0 Å². The predicted molar refractivity (Wildman–Crippen MR) is 489 cm³/mol. The number of hydrogen-bond donors (Lipinski definition) is 1. The van der Waals surface area contributed by atoms with Crippen molar-refractivity contribution in [2.45, 2.75) is 257 Å². The molecule has 1 N–H and O–H groups in total. The van der Waals surface area contributed by atoms with Gasteiger partial charge in [-0.1, -0.05) is 80.7 Å². The summed E-state index contributed by atoms with van der Waals surface area (Å²) in [6.45, 7) is 20.9. The molecule has 1 aliphatic heterocycles. The number of esters is 1. The summed E-state index contributed by atoms with van der Waals surface area (Å²) in [6, 6.07) is 16.3. The second-order valence-corrected chi connectivity index (χ2v) is 41.3. The number of aryl methyl sites for hydroxylation is 3. The minimum atomic E-state index is -6.85. The Morgan fingerprint density at radius 2 is 0.804 bits per heavy atom. The zero-order chi connectivity index (χ0) is 106. The van der Waals surface area contributed by atoms with Gasteiger partial charge in [-0.05, 0) is 286 Å². The van der Waals surface area contributed by atoms with Crippen LogP contribution in [0.15, 0.2) is 78.3 Å². The van der Waals surface area contributed by atoms with E-state index in [-0.39, 0.29) is 83.8 Å². The van der Waals surface area contributed by atoms with Crippen molar-refractivity contribution in [1.29, 1.82) is 0 Å². The van der Waals surface area contributed by atoms with Gasteiger partial charge < -0.3 is 19.2 Å². The van der Waals surface area contributed by atoms with Crippen LogP contribution in [0.2, 0.25) is 0 Å². The fraction of sp³-hybridized carbons (Fsp3) is 0.565. The van der Waals surface area contributed by atoms with E-state index in [1.165, 1.54) is 95.5 Å². The summed E-state index contributed by atoms with van der Waals surface area (Å²) >= 11 is 8.22. The van der Waals surface area contributed by atoms with Crippen LogP contribution in [0.1, 0.15) is 198 Å². The molecule has 6 heterocycles. The van der Waals surface area contributed by atoms with Crippen molar-refractivity contribution in [3.63, 3.8) is 0 Å². The number of aromatic nitrogens is 15. The Balaban J connectivity index is 0.000000223. The van der Waals surface area contributed by atoms with Crippen molar-refractivity contribution in [3.05, 3.63) is 126 Å². The first-order valence-electron chi connectivity index (χ1n) is 43.1. The van der Waals surface area contributed by atoms with Crippen molar-refractivity contribution in [1.82, 2.24) is 75.0 Å². The molecule has 0 radical (unpaired) electrons. The van der Waals surface area contributed by atoms with Crippen LogP contribution in [-0.4, -0.2) is 165 Å². The number of nitrogens with zero attached hydrogens (tertiary/aromatic N) is 15. The summed E-state index contributed by atoms with van der Waals surface area (Å²) in [5, 5.41) is 43.1. The molecule has 5 aromatic carbocycles. The summed E-state index contributed by atoms with van der Waals surface area (Å²) in [4.78, 5) is 37.6. The van der Waals surface area contributed by atoms with Gasteiger partial charge in [0.25, 0.3) is 0 Å². The third kappa shape index (κ3) is 30.9. The topological polar surface area (TPSA) is 381 Å². The molecule has 6 fully saturated rings. The minimum absolute atomic E-state index is 0. The van der Waals surface area contributed by atoms with Crippen LogP contribution in [0, 0.1) is 65.8 Å². The van der Waals surface area contributed by atoms with E-state index in [1.807, 2.05) is 3.63 Å². The molecule has 0 amide bonds. The van der Waals surface area contributed by atoms with Crippen molar-refractivity contribution < 1.29 is 173 Å². The molecular formula is C85H98BCuF21I2N15O15S3. The number of carbonyl (C=O) groups is 2. The Kier molecular flexibility index (Phi) is 39.4. The number of ketones is 1. The Morgan fingerprint density at radius 1 is 0.490 bits per heavy atom. The van der Waals surface area contributed by atoms with E-state index in [9.17, 15) is 132 Å². The molecule has 796 valence electrons. The molecule has 5 aromatic heterocycles. The average Bonchev–Trinajstić information content (AvgIpc) is 1.34. The van der Waals surface area contributed by atoms with Gasteiger partial charge in [-0.2, -0.15) is 123 Å². The van der Waals surface area contributed by atoms with Gasteiger partial charge in [0.05, 0.1) is 62.6 Å². The Hall–Kier alpha value is -8.80. The Bertz CT molecular complexity index is 6340. The average molecular weight is 2390 g/mol. The van der Waals surface area contributed by atoms with Gasteiger partial charge in [0.1, 0.15) is 44.7 Å². The fourth-order valence-corrected chi connectivity index (χ4v) is 16.9. The fourth-order valence-electron chi connectivity index (χ4n) is 14.4. The standard InChI is InChI=1S/C19H20F3N3O.C13H23BO2.2C12H12F3N3.C11H10F3N3O.C11H12IN3.C3H3F3O4S.C2F6O5S2.CO2.CH4.Cu.HI.H2/c1-11(26)13-4-6-14(7-5-13)15-8-9-16-18(17(15)19(20,21)22)23-24-25(16)10-12-2-3-12;1-10-6-8-11(9-7-10)14-15-12(2,3)13(4,5)16-14;2*1-7-2-5-9-11(10(7)12(13,14)15)16-17-18(9)6-8-3-4-8;12-11(13,14)9-8(18)4-3-7-10(9)15-16-17(7)5-6-1-2-6;1-7-2-5-9-11(10(7)12)13-14-15(9)6-8-3-4-8;1-10-2(7)3(4,5)11(6,8)9;3-1(4,5)14(9,10)13-15(11,12)2(6,7)8;2-1-3;;;;/h6,8-9,12-13H,2-5,7,10H2,1H3;8,10H,6-7,9H2,1-5H3;2*2,5,8H,3-4,6H2,1H3;3-4,6,18H,1-2,5H2;2,5,8H,3-4,6H2,1H3;1H3;;;1H4;;2*1H/q;;;;;;;;;;+1;;/p-1. The smallest absolute Gasteiger partial charge is 0 e. The van der Waals surface area contributed by atoms with Crippen LogP contribution in [0.3, 0.4) is 0 Å². The molecule has 7 aliphatic carbocycles. The maximum absolute atomic E-state index is 13.9. The normalized spacial score (nSPS) is 18.1. The molecular weight excluding hydrogens is 2290 g/mol. The van der Waals surface area contributed by atoms with Crippen LogP contribution in [0.5, 0.6) is 5.75 Å². The molecule has 143 heavy (non-hydrogen) atoms. The van der Waals surface area contributed by atoms with Gasteiger partial charge in [0, 0.05) is 43.6 Å². The van der Waals surface area contributed by atoms with Crippen molar-refractivity contribution in [2.75, 3.05) is 7.11 Å². The number of carbonyl (C=O) groups excluding carboxylic acids is 4. The summed E-state index contributed by atoms with van der Waals surface area (Å²) in [6.07, 6.45) is 3.07. The van der Waals surface area contributed by atoms with Gasteiger partial charge in [-0.25, -0.2) is 28.2 Å². The van der Waals surface area contributed by atoms with E-state index in [0.29, 0.717) is 104 Å². The molecule has 2 unspecified atom stereocenters. The van der Waals surface area contributed by atoms with Crippen LogP contribution >= 0.6 is 42.9 Å². The number of methoxy groups -OCH3 is 1. The number of aromatic hydroxyl groups is 1. The summed E-state index contributed by atoms with van der Waals surface area (Å²) in [5.74, 6) is 0.479. The Labute approximate surface area is 839 Å². The molecule has 18 rings (SSSR count). The van der Waals surface area contributed by atoms with Gasteiger partial charge in [-0.15, -0.1) is 29.1 Å². The van der Waals surface area contributed by atoms with Gasteiger partial charge in [0.2, 0.25) is 0 Å².